The fraction of sp³-hybridized carbons (Fsp3) is 0.778. The fourth-order valence-electron chi connectivity index (χ4n) is 1.34. The number of carbonyl (C=O) groups is 2. The van der Waals surface area contributed by atoms with Gasteiger partial charge >= 0.3 is 12.0 Å². The van der Waals surface area contributed by atoms with Crippen LogP contribution in [0, 0.1) is 0 Å². The third-order valence-corrected chi connectivity index (χ3v) is 3.49. The van der Waals surface area contributed by atoms with E-state index in [9.17, 15) is 13.8 Å². The molecule has 1 heterocycles. The quantitative estimate of drug-likeness (QED) is 0.612. The number of carbonyl (C=O) groups excluding carboxylic acids is 1. The normalized spacial score (nSPS) is 16.8. The number of hydrogen-bond acceptors (Lipinski definition) is 4. The second-order valence-corrected chi connectivity index (χ2v) is 5.21. The smallest absolute Gasteiger partial charge is 0.329 e. The van der Waals surface area contributed by atoms with E-state index in [0.717, 1.165) is 0 Å². The van der Waals surface area contributed by atoms with Crippen LogP contribution in [0.2, 0.25) is 0 Å². The average molecular weight is 264 g/mol. The summed E-state index contributed by atoms with van der Waals surface area (Å²) in [5.74, 6) is 0.00104. The number of urea groups is 1. The van der Waals surface area contributed by atoms with Crippen LogP contribution in [0.15, 0.2) is 0 Å². The molecule has 1 rings (SSSR count). The second kappa shape index (κ2) is 7.23. The topological polar surface area (TPSA) is 95.9 Å². The number of carboxylic acid groups (broad SMARTS) is 1. The van der Waals surface area contributed by atoms with Crippen molar-refractivity contribution in [2.75, 3.05) is 44.4 Å². The molecule has 1 fully saturated rings. The number of ether oxygens (including phenoxy) is 1. The summed E-state index contributed by atoms with van der Waals surface area (Å²) in [5, 5.41) is 10.9. The summed E-state index contributed by atoms with van der Waals surface area (Å²) >= 11 is 0. The molecule has 7 nitrogen and oxygen atoms in total. The highest BCUT2D eigenvalue weighted by molar-refractivity contribution is 7.85. The molecule has 1 aliphatic rings. The minimum Gasteiger partial charge on any atom is -0.480 e. The number of nitrogens with zero attached hydrogens (tertiary/aromatic N) is 1. The van der Waals surface area contributed by atoms with E-state index in [2.05, 4.69) is 5.32 Å². The Morgan fingerprint density at radius 3 is 2.59 bits per heavy atom. The monoisotopic (exact) mass is 264 g/mol. The number of carboxylic acids is 1. The van der Waals surface area contributed by atoms with Crippen molar-refractivity contribution in [2.24, 2.45) is 0 Å². The standard InChI is InChI=1S/C9H16N2O5S/c12-8(13)7-16-4-1-10-9(14)11-2-5-17(15)6-3-11/h1-7H2,(H,10,14)(H,12,13). The zero-order valence-electron chi connectivity index (χ0n) is 9.39. The van der Waals surface area contributed by atoms with Crippen LogP contribution in [0.5, 0.6) is 0 Å². The fourth-order valence-corrected chi connectivity index (χ4v) is 2.39. The lowest BCUT2D eigenvalue weighted by molar-refractivity contribution is -0.142. The van der Waals surface area contributed by atoms with Gasteiger partial charge in [0.1, 0.15) is 6.61 Å². The van der Waals surface area contributed by atoms with E-state index in [4.69, 9.17) is 9.84 Å². The van der Waals surface area contributed by atoms with Gasteiger partial charge in [-0.2, -0.15) is 0 Å². The summed E-state index contributed by atoms with van der Waals surface area (Å²) in [5.41, 5.74) is 0. The van der Waals surface area contributed by atoms with Gasteiger partial charge in [-0.05, 0) is 0 Å². The minimum atomic E-state index is -1.03. The van der Waals surface area contributed by atoms with Crippen LogP contribution in [0.25, 0.3) is 0 Å². The third kappa shape index (κ3) is 5.64. The summed E-state index contributed by atoms with van der Waals surface area (Å²) < 4.78 is 15.8. The van der Waals surface area contributed by atoms with Crippen molar-refractivity contribution in [3.63, 3.8) is 0 Å². The largest absolute Gasteiger partial charge is 0.480 e. The Morgan fingerprint density at radius 1 is 1.35 bits per heavy atom. The number of rotatable bonds is 5. The van der Waals surface area contributed by atoms with Crippen molar-refractivity contribution in [3.05, 3.63) is 0 Å². The summed E-state index contributed by atoms with van der Waals surface area (Å²) in [7, 11) is -0.803. The Morgan fingerprint density at radius 2 is 2.00 bits per heavy atom. The molecular weight excluding hydrogens is 248 g/mol. The Labute approximate surface area is 102 Å². The van der Waals surface area contributed by atoms with E-state index in [1.54, 1.807) is 4.90 Å². The van der Waals surface area contributed by atoms with Crippen LogP contribution in [-0.4, -0.2) is 70.6 Å². The van der Waals surface area contributed by atoms with Gasteiger partial charge in [0.25, 0.3) is 0 Å². The molecular formula is C9H16N2O5S. The molecule has 0 aliphatic carbocycles. The molecule has 0 aromatic carbocycles. The molecule has 0 unspecified atom stereocenters. The Kier molecular flexibility index (Phi) is 5.92. The molecule has 0 radical (unpaired) electrons. The van der Waals surface area contributed by atoms with Crippen molar-refractivity contribution >= 4 is 22.8 Å². The van der Waals surface area contributed by atoms with Crippen molar-refractivity contribution in [3.8, 4) is 0 Å². The second-order valence-electron chi connectivity index (χ2n) is 3.51. The van der Waals surface area contributed by atoms with Crippen molar-refractivity contribution in [2.45, 2.75) is 0 Å². The third-order valence-electron chi connectivity index (χ3n) is 2.21. The van der Waals surface area contributed by atoms with Gasteiger partial charge in [0.2, 0.25) is 0 Å². The predicted molar refractivity (Wildman–Crippen MR) is 61.3 cm³/mol. The molecule has 0 bridgehead atoms. The van der Waals surface area contributed by atoms with Crippen LogP contribution in [0.3, 0.4) is 0 Å². The number of aliphatic carboxylic acids is 1. The molecule has 0 aromatic heterocycles. The van der Waals surface area contributed by atoms with Crippen LogP contribution in [-0.2, 0) is 20.3 Å². The molecule has 2 N–H and O–H groups in total. The highest BCUT2D eigenvalue weighted by atomic mass is 32.2. The van der Waals surface area contributed by atoms with E-state index in [-0.39, 0.29) is 25.8 Å². The van der Waals surface area contributed by atoms with Crippen molar-refractivity contribution in [1.29, 1.82) is 0 Å². The van der Waals surface area contributed by atoms with E-state index in [0.29, 0.717) is 24.6 Å². The first-order chi connectivity index (χ1) is 8.09. The molecule has 0 atom stereocenters. The average Bonchev–Trinajstić information content (AvgIpc) is 2.29. The maximum Gasteiger partial charge on any atom is 0.329 e. The minimum absolute atomic E-state index is 0.164. The molecule has 17 heavy (non-hydrogen) atoms. The van der Waals surface area contributed by atoms with Gasteiger partial charge in [-0.3, -0.25) is 4.21 Å². The van der Waals surface area contributed by atoms with Crippen LogP contribution >= 0.6 is 0 Å². The summed E-state index contributed by atoms with van der Waals surface area (Å²) in [6, 6.07) is -0.222. The van der Waals surface area contributed by atoms with E-state index >= 15 is 0 Å². The highest BCUT2D eigenvalue weighted by Crippen LogP contribution is 1.99. The first-order valence-corrected chi connectivity index (χ1v) is 6.75. The molecule has 1 saturated heterocycles. The Hall–Kier alpha value is -1.15. The molecule has 0 saturated carbocycles. The van der Waals surface area contributed by atoms with E-state index in [1.807, 2.05) is 0 Å². The number of amides is 2. The van der Waals surface area contributed by atoms with Gasteiger partial charge in [-0.25, -0.2) is 9.59 Å². The van der Waals surface area contributed by atoms with E-state index in [1.165, 1.54) is 0 Å². The molecule has 2 amide bonds. The summed E-state index contributed by atoms with van der Waals surface area (Å²) in [6.07, 6.45) is 0. The van der Waals surface area contributed by atoms with Gasteiger partial charge in [0.05, 0.1) is 6.61 Å². The molecule has 98 valence electrons. The summed E-state index contributed by atoms with van der Waals surface area (Å²) in [6.45, 7) is 1.06. The van der Waals surface area contributed by atoms with Gasteiger partial charge in [0, 0.05) is 41.9 Å². The van der Waals surface area contributed by atoms with Gasteiger partial charge in [-0.15, -0.1) is 0 Å². The molecule has 0 aromatic rings. The SMILES string of the molecule is O=C(O)COCCNC(=O)N1CCS(=O)CC1. The lowest BCUT2D eigenvalue weighted by Crippen LogP contribution is -2.47. The predicted octanol–water partition coefficient (Wildman–Crippen LogP) is -1.14. The molecule has 0 spiro atoms. The van der Waals surface area contributed by atoms with Gasteiger partial charge in [0.15, 0.2) is 0 Å². The molecule has 1 aliphatic heterocycles. The van der Waals surface area contributed by atoms with Crippen molar-refractivity contribution in [1.82, 2.24) is 10.2 Å². The number of hydrogen-bond donors (Lipinski definition) is 2. The Balaban J connectivity index is 2.08. The van der Waals surface area contributed by atoms with Gasteiger partial charge in [-0.1, -0.05) is 0 Å². The lowest BCUT2D eigenvalue weighted by Gasteiger charge is -2.26. The number of nitrogens with one attached hydrogen (secondary N) is 1. The summed E-state index contributed by atoms with van der Waals surface area (Å²) in [4.78, 5) is 23.3. The maximum absolute atomic E-state index is 11.5. The Bertz CT molecular complexity index is 300. The maximum atomic E-state index is 11.5. The van der Waals surface area contributed by atoms with E-state index < -0.39 is 16.8 Å². The van der Waals surface area contributed by atoms with Crippen LogP contribution in [0.4, 0.5) is 4.79 Å². The first-order valence-electron chi connectivity index (χ1n) is 5.27. The highest BCUT2D eigenvalue weighted by Gasteiger charge is 2.19. The zero-order valence-corrected chi connectivity index (χ0v) is 10.2. The molecule has 8 heteroatoms. The van der Waals surface area contributed by atoms with Crippen LogP contribution < -0.4 is 5.32 Å². The lowest BCUT2D eigenvalue weighted by atomic mass is 10.5. The van der Waals surface area contributed by atoms with Gasteiger partial charge < -0.3 is 20.1 Å². The van der Waals surface area contributed by atoms with Crippen molar-refractivity contribution < 1.29 is 23.6 Å². The first kappa shape index (κ1) is 13.9. The van der Waals surface area contributed by atoms with Crippen LogP contribution in [0.1, 0.15) is 0 Å². The zero-order chi connectivity index (χ0) is 12.7.